The van der Waals surface area contributed by atoms with Crippen LogP contribution in [-0.4, -0.2) is 63.6 Å². The standard InChI is InChI=1S/C31H32FN5O6S/c1-36-15-13-22(14-16-36)19-42-26-9-3-23(4-10-26)29-18-31(34-20-33-29)35-24-5-7-25(8-6-24)37(43-21-38)44(39,40)27-11-12-30(41-2)28(32)17-27/h3-12,17-18,20-22H,13-16,19H2,1-2H3,(H,33,34,35). The first-order valence-corrected chi connectivity index (χ1v) is 15.3. The van der Waals surface area contributed by atoms with Crippen molar-refractivity contribution < 1.29 is 31.9 Å². The highest BCUT2D eigenvalue weighted by molar-refractivity contribution is 7.92. The maximum Gasteiger partial charge on any atom is 0.322 e. The van der Waals surface area contributed by atoms with E-state index < -0.39 is 20.7 Å². The topological polar surface area (TPSA) is 123 Å². The number of nitrogens with one attached hydrogen (secondary N) is 1. The first-order chi connectivity index (χ1) is 21.3. The van der Waals surface area contributed by atoms with Crippen LogP contribution in [0, 0.1) is 11.7 Å². The minimum atomic E-state index is -4.45. The molecule has 4 aromatic rings. The molecule has 11 nitrogen and oxygen atoms in total. The van der Waals surface area contributed by atoms with E-state index in [4.69, 9.17) is 14.3 Å². The van der Waals surface area contributed by atoms with Crippen LogP contribution in [0.3, 0.4) is 0 Å². The summed E-state index contributed by atoms with van der Waals surface area (Å²) >= 11 is 0. The Balaban J connectivity index is 1.25. The Morgan fingerprint density at radius 2 is 1.75 bits per heavy atom. The van der Waals surface area contributed by atoms with Gasteiger partial charge in [-0.3, -0.25) is 4.79 Å². The number of rotatable bonds is 12. The molecule has 0 atom stereocenters. The van der Waals surface area contributed by atoms with Crippen LogP contribution < -0.4 is 19.3 Å². The van der Waals surface area contributed by atoms with Crippen LogP contribution in [0.2, 0.25) is 0 Å². The third-order valence-electron chi connectivity index (χ3n) is 7.27. The Hall–Kier alpha value is -4.75. The summed E-state index contributed by atoms with van der Waals surface area (Å²) < 4.78 is 51.8. The van der Waals surface area contributed by atoms with Gasteiger partial charge in [-0.1, -0.05) is 4.47 Å². The number of aromatic nitrogens is 2. The highest BCUT2D eigenvalue weighted by atomic mass is 32.2. The van der Waals surface area contributed by atoms with Gasteiger partial charge in [0.1, 0.15) is 17.9 Å². The first-order valence-electron chi connectivity index (χ1n) is 13.9. The minimum absolute atomic E-state index is 0.0142. The van der Waals surface area contributed by atoms with Crippen LogP contribution in [0.5, 0.6) is 11.5 Å². The van der Waals surface area contributed by atoms with Gasteiger partial charge in [0.15, 0.2) is 11.6 Å². The lowest BCUT2D eigenvalue weighted by Crippen LogP contribution is -2.32. The number of hydrogen-bond acceptors (Lipinski definition) is 10. The molecule has 1 fully saturated rings. The fourth-order valence-corrected chi connectivity index (χ4v) is 5.99. The molecule has 0 aliphatic carbocycles. The molecular formula is C31H32FN5O6S. The van der Waals surface area contributed by atoms with E-state index in [0.29, 0.717) is 34.2 Å². The molecule has 1 aliphatic rings. The summed E-state index contributed by atoms with van der Waals surface area (Å²) in [6, 6.07) is 18.7. The van der Waals surface area contributed by atoms with E-state index in [9.17, 15) is 17.6 Å². The molecule has 1 saturated heterocycles. The van der Waals surface area contributed by atoms with Crippen LogP contribution in [0.4, 0.5) is 21.6 Å². The molecule has 1 aliphatic heterocycles. The molecule has 230 valence electrons. The first kappa shape index (κ1) is 30.7. The summed E-state index contributed by atoms with van der Waals surface area (Å²) in [5.41, 5.74) is 2.18. The summed E-state index contributed by atoms with van der Waals surface area (Å²) in [5.74, 6) is 0.883. The zero-order valence-corrected chi connectivity index (χ0v) is 25.0. The summed E-state index contributed by atoms with van der Waals surface area (Å²) in [7, 11) is -1.05. The van der Waals surface area contributed by atoms with Gasteiger partial charge in [-0.05, 0) is 106 Å². The van der Waals surface area contributed by atoms with E-state index in [1.807, 2.05) is 24.3 Å². The van der Waals surface area contributed by atoms with Crippen molar-refractivity contribution in [2.24, 2.45) is 5.92 Å². The van der Waals surface area contributed by atoms with Crippen molar-refractivity contribution in [2.45, 2.75) is 17.7 Å². The van der Waals surface area contributed by atoms with Gasteiger partial charge in [-0.2, -0.15) is 8.42 Å². The predicted molar refractivity (Wildman–Crippen MR) is 163 cm³/mol. The third-order valence-corrected chi connectivity index (χ3v) is 8.85. The molecular weight excluding hydrogens is 589 g/mol. The molecule has 0 amide bonds. The molecule has 0 bridgehead atoms. The van der Waals surface area contributed by atoms with Crippen molar-refractivity contribution >= 4 is 33.7 Å². The van der Waals surface area contributed by atoms with Gasteiger partial charge in [0.05, 0.1) is 30.0 Å². The fraction of sp³-hybridized carbons (Fsp3) is 0.258. The number of anilines is 3. The third kappa shape index (κ3) is 7.24. The second-order valence-electron chi connectivity index (χ2n) is 10.3. The van der Waals surface area contributed by atoms with Crippen LogP contribution in [0.25, 0.3) is 11.3 Å². The van der Waals surface area contributed by atoms with E-state index in [1.165, 1.54) is 31.6 Å². The van der Waals surface area contributed by atoms with Gasteiger partial charge in [-0.15, -0.1) is 0 Å². The molecule has 44 heavy (non-hydrogen) atoms. The zero-order chi connectivity index (χ0) is 31.1. The molecule has 13 heteroatoms. The number of sulfonamides is 1. The highest BCUT2D eigenvalue weighted by Crippen LogP contribution is 2.29. The lowest BCUT2D eigenvalue weighted by molar-refractivity contribution is -0.128. The van der Waals surface area contributed by atoms with E-state index in [1.54, 1.807) is 18.2 Å². The van der Waals surface area contributed by atoms with Crippen molar-refractivity contribution in [3.63, 3.8) is 0 Å². The van der Waals surface area contributed by atoms with Crippen molar-refractivity contribution in [1.82, 2.24) is 14.9 Å². The molecule has 2 heterocycles. The van der Waals surface area contributed by atoms with Crippen molar-refractivity contribution in [2.75, 3.05) is 43.6 Å². The summed E-state index contributed by atoms with van der Waals surface area (Å²) in [5, 5.41) is 3.15. The average molecular weight is 622 g/mol. The van der Waals surface area contributed by atoms with Gasteiger partial charge < -0.3 is 24.5 Å². The van der Waals surface area contributed by atoms with Crippen LogP contribution in [0.15, 0.2) is 84.0 Å². The predicted octanol–water partition coefficient (Wildman–Crippen LogP) is 5.04. The lowest BCUT2D eigenvalue weighted by Gasteiger charge is -2.28. The number of nitrogens with zero attached hydrogens (tertiary/aromatic N) is 4. The molecule has 0 unspecified atom stereocenters. The Labute approximate surface area is 255 Å². The molecule has 0 saturated carbocycles. The van der Waals surface area contributed by atoms with E-state index in [0.717, 1.165) is 49.4 Å². The quantitative estimate of drug-likeness (QED) is 0.170. The number of hydrogen-bond donors (Lipinski definition) is 1. The van der Waals surface area contributed by atoms with Gasteiger partial charge in [0, 0.05) is 17.3 Å². The zero-order valence-electron chi connectivity index (χ0n) is 24.2. The van der Waals surface area contributed by atoms with E-state index in [-0.39, 0.29) is 17.9 Å². The summed E-state index contributed by atoms with van der Waals surface area (Å²) in [6.45, 7) is 2.88. The van der Waals surface area contributed by atoms with Gasteiger partial charge >= 0.3 is 6.47 Å². The highest BCUT2D eigenvalue weighted by Gasteiger charge is 2.28. The average Bonchev–Trinajstić information content (AvgIpc) is 3.04. The van der Waals surface area contributed by atoms with Crippen molar-refractivity contribution in [3.05, 3.63) is 84.9 Å². The smallest absolute Gasteiger partial charge is 0.322 e. The Bertz CT molecular complexity index is 1680. The number of carbonyl (C=O) groups excluding carboxylic acids is 1. The second-order valence-corrected chi connectivity index (χ2v) is 12.0. The fourth-order valence-electron chi connectivity index (χ4n) is 4.76. The second kappa shape index (κ2) is 13.7. The maximum absolute atomic E-state index is 14.2. The van der Waals surface area contributed by atoms with Crippen molar-refractivity contribution in [3.8, 4) is 22.8 Å². The van der Waals surface area contributed by atoms with E-state index >= 15 is 0 Å². The number of likely N-dealkylation sites (tertiary alicyclic amines) is 1. The van der Waals surface area contributed by atoms with E-state index in [2.05, 4.69) is 27.2 Å². The summed E-state index contributed by atoms with van der Waals surface area (Å²) in [6.07, 6.45) is 3.72. The van der Waals surface area contributed by atoms with Crippen LogP contribution in [-0.2, 0) is 19.7 Å². The minimum Gasteiger partial charge on any atom is -0.494 e. The number of ether oxygens (including phenoxy) is 2. The SMILES string of the molecule is COc1ccc(S(=O)(=O)N(OC=O)c2ccc(Nc3cc(-c4ccc(OCC5CCN(C)CC5)cc4)ncn3)cc2)cc1F. The molecule has 1 N–H and O–H groups in total. The normalized spacial score (nSPS) is 14.1. The van der Waals surface area contributed by atoms with Gasteiger partial charge in [0.2, 0.25) is 0 Å². The number of benzene rings is 3. The Morgan fingerprint density at radius 3 is 2.41 bits per heavy atom. The maximum atomic E-state index is 14.2. The van der Waals surface area contributed by atoms with Crippen LogP contribution >= 0.6 is 0 Å². The monoisotopic (exact) mass is 621 g/mol. The Kier molecular flexibility index (Phi) is 9.56. The molecule has 5 rings (SSSR count). The summed E-state index contributed by atoms with van der Waals surface area (Å²) in [4.78, 5) is 26.5. The Morgan fingerprint density at radius 1 is 1.02 bits per heavy atom. The number of carbonyl (C=O) groups is 1. The molecule has 1 aromatic heterocycles. The van der Waals surface area contributed by atoms with Crippen LogP contribution in [0.1, 0.15) is 12.8 Å². The largest absolute Gasteiger partial charge is 0.494 e. The number of piperidine rings is 1. The van der Waals surface area contributed by atoms with Crippen molar-refractivity contribution in [1.29, 1.82) is 0 Å². The lowest BCUT2D eigenvalue weighted by atomic mass is 9.98. The number of methoxy groups -OCH3 is 1. The number of halogens is 1. The van der Waals surface area contributed by atoms with Gasteiger partial charge in [0.25, 0.3) is 10.0 Å². The molecule has 3 aromatic carbocycles. The molecule has 0 spiro atoms. The van der Waals surface area contributed by atoms with Gasteiger partial charge in [-0.25, -0.2) is 14.4 Å². The molecule has 0 radical (unpaired) electrons.